The molecule has 1 atom stereocenters. The van der Waals surface area contributed by atoms with Gasteiger partial charge in [-0.3, -0.25) is 0 Å². The van der Waals surface area contributed by atoms with E-state index in [0.717, 1.165) is 0 Å². The Kier molecular flexibility index (Phi) is 5.39. The van der Waals surface area contributed by atoms with Gasteiger partial charge in [0.1, 0.15) is 0 Å². The van der Waals surface area contributed by atoms with Gasteiger partial charge in [0.15, 0.2) is 0 Å². The molecule has 0 amide bonds. The number of ether oxygens (including phenoxy) is 2. The molecule has 0 aromatic carbocycles. The molecule has 0 rings (SSSR count). The smallest absolute Gasteiger partial charge is 0.335 e. The van der Waals surface area contributed by atoms with Gasteiger partial charge in [-0.1, -0.05) is 20.4 Å². The van der Waals surface area contributed by atoms with Crippen molar-refractivity contribution in [1.82, 2.24) is 0 Å². The van der Waals surface area contributed by atoms with Gasteiger partial charge in [-0.15, -0.1) is 0 Å². The van der Waals surface area contributed by atoms with Gasteiger partial charge in [0.25, 0.3) is 0 Å². The topological polar surface area (TPSA) is 35.5 Å². The third-order valence-corrected chi connectivity index (χ3v) is 1.45. The van der Waals surface area contributed by atoms with Crippen LogP contribution in [0.5, 0.6) is 0 Å². The monoisotopic (exact) mass is 186 g/mol. The molecular formula is C10H18O3. The minimum Gasteiger partial charge on any atom is -0.432 e. The minimum absolute atomic E-state index is 0.156. The van der Waals surface area contributed by atoms with Crippen molar-refractivity contribution in [3.05, 3.63) is 12.2 Å². The van der Waals surface area contributed by atoms with Gasteiger partial charge < -0.3 is 9.47 Å². The van der Waals surface area contributed by atoms with Crippen LogP contribution in [0.4, 0.5) is 0 Å². The van der Waals surface area contributed by atoms with E-state index >= 15 is 0 Å². The largest absolute Gasteiger partial charge is 0.432 e. The van der Waals surface area contributed by atoms with Crippen molar-refractivity contribution in [1.29, 1.82) is 0 Å². The number of carbonyl (C=O) groups excluding carboxylic acids is 1. The molecule has 0 aliphatic heterocycles. The molecule has 0 radical (unpaired) electrons. The highest BCUT2D eigenvalue weighted by atomic mass is 16.7. The van der Waals surface area contributed by atoms with Gasteiger partial charge in [-0.2, -0.15) is 0 Å². The zero-order chi connectivity index (χ0) is 10.4. The molecule has 0 saturated heterocycles. The summed E-state index contributed by atoms with van der Waals surface area (Å²) in [6, 6.07) is 0. The van der Waals surface area contributed by atoms with Crippen molar-refractivity contribution in [3.8, 4) is 0 Å². The summed E-state index contributed by atoms with van der Waals surface area (Å²) in [7, 11) is 0. The molecule has 0 heterocycles. The number of carbonyl (C=O) groups is 1. The molecule has 0 saturated carbocycles. The molecule has 0 N–H and O–H groups in total. The van der Waals surface area contributed by atoms with Crippen LogP contribution in [0.15, 0.2) is 12.2 Å². The van der Waals surface area contributed by atoms with E-state index in [0.29, 0.717) is 12.2 Å². The maximum absolute atomic E-state index is 11.1. The van der Waals surface area contributed by atoms with Crippen LogP contribution >= 0.6 is 0 Å². The lowest BCUT2D eigenvalue weighted by Gasteiger charge is -2.20. The predicted molar refractivity (Wildman–Crippen MR) is 51.2 cm³/mol. The Bertz CT molecular complexity index is 185. The lowest BCUT2D eigenvalue weighted by atomic mass is 10.2. The Labute approximate surface area is 79.7 Å². The van der Waals surface area contributed by atoms with Crippen LogP contribution < -0.4 is 0 Å². The van der Waals surface area contributed by atoms with Crippen molar-refractivity contribution >= 4 is 5.97 Å². The Balaban J connectivity index is 4.09. The normalized spacial score (nSPS) is 12.7. The molecule has 0 bridgehead atoms. The standard InChI is InChI=1S/C10H18O3/c1-6-12-10(8(4)5)13-9(11)7(2)3/h8,10H,2,6H2,1,3-5H3. The molecule has 76 valence electrons. The maximum Gasteiger partial charge on any atom is 0.335 e. The number of rotatable bonds is 5. The first-order valence-corrected chi connectivity index (χ1v) is 4.47. The van der Waals surface area contributed by atoms with E-state index in [2.05, 4.69) is 6.58 Å². The first-order chi connectivity index (χ1) is 5.99. The highest BCUT2D eigenvalue weighted by Crippen LogP contribution is 2.10. The summed E-state index contributed by atoms with van der Waals surface area (Å²) in [6.07, 6.45) is -0.464. The van der Waals surface area contributed by atoms with Crippen molar-refractivity contribution in [2.45, 2.75) is 34.0 Å². The summed E-state index contributed by atoms with van der Waals surface area (Å²) in [5.41, 5.74) is 0.394. The third-order valence-electron chi connectivity index (χ3n) is 1.45. The lowest BCUT2D eigenvalue weighted by Crippen LogP contribution is -2.26. The second kappa shape index (κ2) is 5.75. The second-order valence-corrected chi connectivity index (χ2v) is 3.25. The van der Waals surface area contributed by atoms with Gasteiger partial charge in [-0.25, -0.2) is 4.79 Å². The highest BCUT2D eigenvalue weighted by Gasteiger charge is 2.18. The van der Waals surface area contributed by atoms with Gasteiger partial charge in [0.2, 0.25) is 6.29 Å². The van der Waals surface area contributed by atoms with Crippen LogP contribution in [-0.4, -0.2) is 18.9 Å². The summed E-state index contributed by atoms with van der Waals surface area (Å²) >= 11 is 0. The zero-order valence-corrected chi connectivity index (χ0v) is 8.79. The fourth-order valence-electron chi connectivity index (χ4n) is 0.733. The summed E-state index contributed by atoms with van der Waals surface area (Å²) in [6.45, 7) is 11.4. The van der Waals surface area contributed by atoms with Crippen LogP contribution in [0, 0.1) is 5.92 Å². The SMILES string of the molecule is C=C(C)C(=O)OC(OCC)C(C)C. The summed E-state index contributed by atoms with van der Waals surface area (Å²) in [4.78, 5) is 11.1. The Morgan fingerprint density at radius 3 is 2.31 bits per heavy atom. The van der Waals surface area contributed by atoms with Crippen molar-refractivity contribution in [3.63, 3.8) is 0 Å². The minimum atomic E-state index is -0.464. The van der Waals surface area contributed by atoms with Crippen molar-refractivity contribution in [2.24, 2.45) is 5.92 Å². The fraction of sp³-hybridized carbons (Fsp3) is 0.700. The Hall–Kier alpha value is -0.830. The second-order valence-electron chi connectivity index (χ2n) is 3.25. The molecule has 3 heteroatoms. The van der Waals surface area contributed by atoms with Crippen LogP contribution in [-0.2, 0) is 14.3 Å². The highest BCUT2D eigenvalue weighted by molar-refractivity contribution is 5.87. The van der Waals surface area contributed by atoms with Crippen LogP contribution in [0.2, 0.25) is 0 Å². The molecule has 0 aliphatic rings. The molecule has 0 spiro atoms. The van der Waals surface area contributed by atoms with Gasteiger partial charge in [0.05, 0.1) is 0 Å². The van der Waals surface area contributed by atoms with Crippen LogP contribution in [0.25, 0.3) is 0 Å². The third kappa shape index (κ3) is 4.68. The molecular weight excluding hydrogens is 168 g/mol. The fourth-order valence-corrected chi connectivity index (χ4v) is 0.733. The zero-order valence-electron chi connectivity index (χ0n) is 8.79. The molecule has 0 aromatic heterocycles. The quantitative estimate of drug-likeness (QED) is 0.375. The number of hydrogen-bond acceptors (Lipinski definition) is 3. The number of esters is 1. The molecule has 0 aliphatic carbocycles. The molecule has 0 aromatic rings. The van der Waals surface area contributed by atoms with E-state index < -0.39 is 12.3 Å². The van der Waals surface area contributed by atoms with Gasteiger partial charge >= 0.3 is 5.97 Å². The summed E-state index contributed by atoms with van der Waals surface area (Å²) in [5, 5.41) is 0. The predicted octanol–water partition coefficient (Wildman–Crippen LogP) is 2.12. The van der Waals surface area contributed by atoms with E-state index in [1.807, 2.05) is 20.8 Å². The summed E-state index contributed by atoms with van der Waals surface area (Å²) in [5.74, 6) is -0.240. The van der Waals surface area contributed by atoms with Crippen LogP contribution in [0.3, 0.4) is 0 Å². The van der Waals surface area contributed by atoms with Crippen molar-refractivity contribution in [2.75, 3.05) is 6.61 Å². The summed E-state index contributed by atoms with van der Waals surface area (Å²) < 4.78 is 10.3. The lowest BCUT2D eigenvalue weighted by molar-refractivity contribution is -0.183. The molecule has 1 unspecified atom stereocenters. The molecule has 13 heavy (non-hydrogen) atoms. The molecule has 0 fully saturated rings. The first-order valence-electron chi connectivity index (χ1n) is 4.47. The van der Waals surface area contributed by atoms with Crippen molar-refractivity contribution < 1.29 is 14.3 Å². The van der Waals surface area contributed by atoms with E-state index in [4.69, 9.17) is 9.47 Å². The average Bonchev–Trinajstić information content (AvgIpc) is 2.03. The molecule has 3 nitrogen and oxygen atoms in total. The van der Waals surface area contributed by atoms with Crippen LogP contribution in [0.1, 0.15) is 27.7 Å². The first kappa shape index (κ1) is 12.2. The van der Waals surface area contributed by atoms with E-state index in [1.54, 1.807) is 6.92 Å². The van der Waals surface area contributed by atoms with Gasteiger partial charge in [-0.05, 0) is 13.8 Å². The average molecular weight is 186 g/mol. The maximum atomic E-state index is 11.1. The van der Waals surface area contributed by atoms with E-state index in [-0.39, 0.29) is 5.92 Å². The van der Waals surface area contributed by atoms with Gasteiger partial charge in [0, 0.05) is 18.1 Å². The number of hydrogen-bond donors (Lipinski definition) is 0. The Morgan fingerprint density at radius 1 is 1.46 bits per heavy atom. The Morgan fingerprint density at radius 2 is 2.00 bits per heavy atom. The van der Waals surface area contributed by atoms with E-state index in [1.165, 1.54) is 0 Å². The van der Waals surface area contributed by atoms with E-state index in [9.17, 15) is 4.79 Å².